The molecule has 9 heteroatoms. The summed E-state index contributed by atoms with van der Waals surface area (Å²) in [6.45, 7) is 0.0515. The van der Waals surface area contributed by atoms with Crippen LogP contribution in [0.25, 0.3) is 11.1 Å². The van der Waals surface area contributed by atoms with Crippen LogP contribution in [-0.2, 0) is 16.0 Å². The zero-order valence-electron chi connectivity index (χ0n) is 19.0. The first kappa shape index (κ1) is 24.9. The predicted molar refractivity (Wildman–Crippen MR) is 135 cm³/mol. The highest BCUT2D eigenvalue weighted by Crippen LogP contribution is 2.44. The van der Waals surface area contributed by atoms with Gasteiger partial charge in [0.2, 0.25) is 5.91 Å². The molecule has 0 aliphatic heterocycles. The average Bonchev–Trinajstić information content (AvgIpc) is 3.18. The number of fused-ring (bicyclic) bond motifs is 3. The number of halogens is 3. The third kappa shape index (κ3) is 4.95. The lowest BCUT2D eigenvalue weighted by Gasteiger charge is -2.20. The van der Waals surface area contributed by atoms with E-state index in [0.717, 1.165) is 28.3 Å². The van der Waals surface area contributed by atoms with Crippen molar-refractivity contribution in [3.63, 3.8) is 0 Å². The van der Waals surface area contributed by atoms with E-state index in [1.807, 2.05) is 48.5 Å². The standard InChI is InChI=1S/C26H23F2IN2O4/c1-30-25(32)22(11-18-23(28)21(29)12-20(27)24(18)34-2)31-26(33)35-13-19-16-9-5-3-7-14(16)15-8-4-6-10-17(15)19/h3-10,12,19,22H,11,13H2,1-2H3,(H,30,32)(H,31,33)/t22-/m0/s1. The SMILES string of the molecule is CNC(=O)[C@H](Cc1c(F)c(I)cc(F)c1OC)NC(=O)OCC1c2ccccc2-c2ccccc21. The minimum atomic E-state index is -1.21. The van der Waals surface area contributed by atoms with Crippen LogP contribution in [0.4, 0.5) is 13.6 Å². The van der Waals surface area contributed by atoms with Gasteiger partial charge in [-0.25, -0.2) is 13.6 Å². The third-order valence-electron chi connectivity index (χ3n) is 6.03. The van der Waals surface area contributed by atoms with E-state index in [4.69, 9.17) is 9.47 Å². The molecular formula is C26H23F2IN2O4. The van der Waals surface area contributed by atoms with Crippen LogP contribution in [0.1, 0.15) is 22.6 Å². The van der Waals surface area contributed by atoms with Crippen molar-refractivity contribution in [2.24, 2.45) is 0 Å². The number of nitrogens with one attached hydrogen (secondary N) is 2. The number of carbonyl (C=O) groups is 2. The minimum absolute atomic E-state index is 0.0349. The fourth-order valence-corrected chi connectivity index (χ4v) is 5.00. The lowest BCUT2D eigenvalue weighted by molar-refractivity contribution is -0.122. The first-order chi connectivity index (χ1) is 16.8. The van der Waals surface area contributed by atoms with Crippen LogP contribution < -0.4 is 15.4 Å². The summed E-state index contributed by atoms with van der Waals surface area (Å²) >= 11 is 1.66. The molecule has 35 heavy (non-hydrogen) atoms. The summed E-state index contributed by atoms with van der Waals surface area (Å²) in [5, 5.41) is 4.92. The van der Waals surface area contributed by atoms with Gasteiger partial charge in [-0.2, -0.15) is 0 Å². The van der Waals surface area contributed by atoms with Crippen molar-refractivity contribution in [2.45, 2.75) is 18.4 Å². The molecule has 1 aliphatic carbocycles. The maximum atomic E-state index is 14.8. The number of likely N-dealkylation sites (N-methyl/N-ethyl adjacent to an activating group) is 1. The Hall–Kier alpha value is -3.21. The number of amides is 2. The average molecular weight is 592 g/mol. The smallest absolute Gasteiger partial charge is 0.407 e. The van der Waals surface area contributed by atoms with Crippen LogP contribution in [0.15, 0.2) is 54.6 Å². The zero-order chi connectivity index (χ0) is 25.1. The molecule has 3 aromatic rings. The van der Waals surface area contributed by atoms with E-state index in [2.05, 4.69) is 10.6 Å². The van der Waals surface area contributed by atoms with Gasteiger partial charge in [-0.1, -0.05) is 48.5 Å². The Kier molecular flexibility index (Phi) is 7.54. The zero-order valence-corrected chi connectivity index (χ0v) is 21.2. The summed E-state index contributed by atoms with van der Waals surface area (Å²) in [5.74, 6) is -2.53. The molecule has 0 aromatic heterocycles. The molecular weight excluding hydrogens is 569 g/mol. The quantitative estimate of drug-likeness (QED) is 0.306. The van der Waals surface area contributed by atoms with Crippen molar-refractivity contribution < 1.29 is 27.8 Å². The Morgan fingerprint density at radius 1 is 1.06 bits per heavy atom. The molecule has 2 N–H and O–H groups in total. The number of alkyl carbamates (subject to hydrolysis) is 1. The van der Waals surface area contributed by atoms with Crippen LogP contribution in [0.5, 0.6) is 5.75 Å². The maximum absolute atomic E-state index is 14.8. The predicted octanol–water partition coefficient (Wildman–Crippen LogP) is 4.77. The van der Waals surface area contributed by atoms with E-state index < -0.39 is 29.7 Å². The van der Waals surface area contributed by atoms with Gasteiger partial charge in [0.15, 0.2) is 11.6 Å². The van der Waals surface area contributed by atoms with Crippen molar-refractivity contribution in [1.82, 2.24) is 10.6 Å². The molecule has 0 unspecified atom stereocenters. The Bertz CT molecular complexity index is 1240. The fourth-order valence-electron chi connectivity index (χ4n) is 4.40. The van der Waals surface area contributed by atoms with Crippen LogP contribution in [-0.4, -0.2) is 38.8 Å². The normalized spacial score (nSPS) is 12.9. The summed E-state index contributed by atoms with van der Waals surface area (Å²) < 4.78 is 39.7. The molecule has 2 amide bonds. The molecule has 1 aliphatic rings. The van der Waals surface area contributed by atoms with E-state index in [9.17, 15) is 18.4 Å². The van der Waals surface area contributed by atoms with Crippen LogP contribution in [0.2, 0.25) is 0 Å². The van der Waals surface area contributed by atoms with Crippen LogP contribution in [0, 0.1) is 15.2 Å². The van der Waals surface area contributed by atoms with Gasteiger partial charge in [0.05, 0.1) is 10.7 Å². The Morgan fingerprint density at radius 2 is 1.66 bits per heavy atom. The van der Waals surface area contributed by atoms with Crippen molar-refractivity contribution in [3.8, 4) is 16.9 Å². The lowest BCUT2D eigenvalue weighted by Crippen LogP contribution is -2.47. The van der Waals surface area contributed by atoms with Gasteiger partial charge in [0, 0.05) is 24.9 Å². The summed E-state index contributed by atoms with van der Waals surface area (Å²) in [6, 6.07) is 15.6. The van der Waals surface area contributed by atoms with Crippen molar-refractivity contribution in [1.29, 1.82) is 0 Å². The number of benzene rings is 3. The first-order valence-electron chi connectivity index (χ1n) is 10.9. The largest absolute Gasteiger partial charge is 0.493 e. The Morgan fingerprint density at radius 3 is 2.23 bits per heavy atom. The summed E-state index contributed by atoms with van der Waals surface area (Å²) in [5.41, 5.74) is 4.12. The molecule has 6 nitrogen and oxygen atoms in total. The molecule has 0 spiro atoms. The molecule has 0 heterocycles. The van der Waals surface area contributed by atoms with E-state index in [1.165, 1.54) is 14.2 Å². The minimum Gasteiger partial charge on any atom is -0.493 e. The topological polar surface area (TPSA) is 76.7 Å². The number of hydrogen-bond acceptors (Lipinski definition) is 4. The van der Waals surface area contributed by atoms with Crippen LogP contribution in [0.3, 0.4) is 0 Å². The van der Waals surface area contributed by atoms with E-state index in [1.54, 1.807) is 22.6 Å². The Labute approximate surface area is 215 Å². The second-order valence-corrected chi connectivity index (χ2v) is 9.17. The fraction of sp³-hybridized carbons (Fsp3) is 0.231. The highest BCUT2D eigenvalue weighted by atomic mass is 127. The molecule has 0 radical (unpaired) electrons. The first-order valence-corrected chi connectivity index (χ1v) is 12.0. The van der Waals surface area contributed by atoms with Gasteiger partial charge in [-0.3, -0.25) is 4.79 Å². The van der Waals surface area contributed by atoms with Gasteiger partial charge in [-0.15, -0.1) is 0 Å². The number of hydrogen-bond donors (Lipinski definition) is 2. The number of ether oxygens (including phenoxy) is 2. The second-order valence-electron chi connectivity index (χ2n) is 8.01. The van der Waals surface area contributed by atoms with Gasteiger partial charge in [-0.05, 0) is 50.9 Å². The number of rotatable bonds is 7. The molecule has 0 saturated heterocycles. The van der Waals surface area contributed by atoms with Gasteiger partial charge >= 0.3 is 6.09 Å². The number of methoxy groups -OCH3 is 1. The van der Waals surface area contributed by atoms with E-state index >= 15 is 0 Å². The van der Waals surface area contributed by atoms with E-state index in [0.29, 0.717) is 0 Å². The number of carbonyl (C=O) groups excluding carboxylic acids is 2. The van der Waals surface area contributed by atoms with Gasteiger partial charge in [0.25, 0.3) is 0 Å². The molecule has 0 saturated carbocycles. The van der Waals surface area contributed by atoms with Crippen molar-refractivity contribution in [3.05, 3.63) is 86.5 Å². The summed E-state index contributed by atoms with van der Waals surface area (Å²) in [6.07, 6.45) is -1.17. The summed E-state index contributed by atoms with van der Waals surface area (Å²) in [4.78, 5) is 25.2. The van der Waals surface area contributed by atoms with Gasteiger partial charge < -0.3 is 20.1 Å². The molecule has 0 bridgehead atoms. The molecule has 0 fully saturated rings. The van der Waals surface area contributed by atoms with Crippen LogP contribution >= 0.6 is 22.6 Å². The maximum Gasteiger partial charge on any atom is 0.407 e. The summed E-state index contributed by atoms with van der Waals surface area (Å²) in [7, 11) is 2.60. The van der Waals surface area contributed by atoms with Gasteiger partial charge in [0.1, 0.15) is 18.5 Å². The molecule has 4 rings (SSSR count). The van der Waals surface area contributed by atoms with Crippen molar-refractivity contribution in [2.75, 3.05) is 20.8 Å². The highest BCUT2D eigenvalue weighted by Gasteiger charge is 2.31. The van der Waals surface area contributed by atoms with Crippen molar-refractivity contribution >= 4 is 34.6 Å². The lowest BCUT2D eigenvalue weighted by atomic mass is 9.98. The molecule has 182 valence electrons. The molecule has 3 aromatic carbocycles. The Balaban J connectivity index is 1.51. The third-order valence-corrected chi connectivity index (χ3v) is 6.82. The second kappa shape index (κ2) is 10.6. The monoisotopic (exact) mass is 592 g/mol. The molecule has 1 atom stereocenters. The highest BCUT2D eigenvalue weighted by molar-refractivity contribution is 14.1. The van der Waals surface area contributed by atoms with E-state index in [-0.39, 0.29) is 33.8 Å².